The first-order valence-corrected chi connectivity index (χ1v) is 7.22. The summed E-state index contributed by atoms with van der Waals surface area (Å²) in [6.07, 6.45) is 0. The molecule has 3 aromatic rings. The molecule has 0 aliphatic carbocycles. The third-order valence-electron chi connectivity index (χ3n) is 3.59. The third kappa shape index (κ3) is 2.68. The van der Waals surface area contributed by atoms with Crippen LogP contribution in [-0.2, 0) is 6.54 Å². The number of aromatic nitrogens is 1. The van der Waals surface area contributed by atoms with E-state index in [1.54, 1.807) is 6.07 Å². The Balaban J connectivity index is 2.13. The highest BCUT2D eigenvalue weighted by atomic mass is 16.5. The summed E-state index contributed by atoms with van der Waals surface area (Å²) in [4.78, 5) is 11.5. The number of fused-ring (bicyclic) bond motifs is 1. The van der Waals surface area contributed by atoms with Crippen molar-refractivity contribution in [2.45, 2.75) is 13.5 Å². The molecule has 0 saturated heterocycles. The van der Waals surface area contributed by atoms with Crippen LogP contribution in [0.15, 0.2) is 54.6 Å². The smallest absolute Gasteiger partial charge is 0.352 e. The number of aromatic carboxylic acids is 1. The number of hydrogen-bond donors (Lipinski definition) is 1. The highest BCUT2D eigenvalue weighted by molar-refractivity contribution is 5.95. The monoisotopic (exact) mass is 295 g/mol. The van der Waals surface area contributed by atoms with E-state index in [-0.39, 0.29) is 5.69 Å². The van der Waals surface area contributed by atoms with Gasteiger partial charge in [-0.25, -0.2) is 4.79 Å². The van der Waals surface area contributed by atoms with E-state index in [1.807, 2.05) is 60.0 Å². The van der Waals surface area contributed by atoms with Crippen molar-refractivity contribution in [3.8, 4) is 5.75 Å². The van der Waals surface area contributed by atoms with E-state index in [0.717, 1.165) is 22.2 Å². The van der Waals surface area contributed by atoms with Crippen molar-refractivity contribution in [1.82, 2.24) is 4.57 Å². The van der Waals surface area contributed by atoms with Crippen LogP contribution in [0.1, 0.15) is 23.0 Å². The fourth-order valence-corrected chi connectivity index (χ4v) is 2.60. The van der Waals surface area contributed by atoms with Gasteiger partial charge in [-0.3, -0.25) is 0 Å². The minimum absolute atomic E-state index is 0.285. The van der Waals surface area contributed by atoms with Crippen LogP contribution >= 0.6 is 0 Å². The normalized spacial score (nSPS) is 10.8. The first-order valence-electron chi connectivity index (χ1n) is 7.22. The van der Waals surface area contributed by atoms with Crippen LogP contribution in [0.2, 0.25) is 0 Å². The second-order valence-corrected chi connectivity index (χ2v) is 5.06. The molecule has 1 heterocycles. The van der Waals surface area contributed by atoms with Crippen LogP contribution in [-0.4, -0.2) is 22.2 Å². The summed E-state index contributed by atoms with van der Waals surface area (Å²) in [6.45, 7) is 3.02. The lowest BCUT2D eigenvalue weighted by atomic mass is 10.2. The van der Waals surface area contributed by atoms with Gasteiger partial charge >= 0.3 is 5.97 Å². The summed E-state index contributed by atoms with van der Waals surface area (Å²) in [7, 11) is 0. The molecule has 3 rings (SSSR count). The topological polar surface area (TPSA) is 51.5 Å². The van der Waals surface area contributed by atoms with Gasteiger partial charge in [0, 0.05) is 18.0 Å². The summed E-state index contributed by atoms with van der Waals surface area (Å²) in [5, 5.41) is 10.4. The molecule has 22 heavy (non-hydrogen) atoms. The number of benzene rings is 2. The Morgan fingerprint density at radius 3 is 2.59 bits per heavy atom. The molecule has 2 aromatic carbocycles. The predicted octanol–water partition coefficient (Wildman–Crippen LogP) is 3.79. The zero-order valence-electron chi connectivity index (χ0n) is 12.3. The van der Waals surface area contributed by atoms with Crippen LogP contribution in [0.3, 0.4) is 0 Å². The molecule has 0 radical (unpaired) electrons. The zero-order chi connectivity index (χ0) is 15.5. The molecule has 1 aromatic heterocycles. The SMILES string of the molecule is CCOc1ccc2cc(C(=O)O)n(Cc3ccccc3)c2c1. The second kappa shape index (κ2) is 5.93. The first-order chi connectivity index (χ1) is 10.7. The average Bonchev–Trinajstić information content (AvgIpc) is 2.87. The Kier molecular flexibility index (Phi) is 3.83. The Bertz CT molecular complexity index is 806. The van der Waals surface area contributed by atoms with Crippen molar-refractivity contribution in [3.05, 3.63) is 65.9 Å². The van der Waals surface area contributed by atoms with Gasteiger partial charge in [0.05, 0.1) is 12.1 Å². The van der Waals surface area contributed by atoms with E-state index in [0.29, 0.717) is 13.2 Å². The Hall–Kier alpha value is -2.75. The lowest BCUT2D eigenvalue weighted by molar-refractivity contribution is 0.0686. The fraction of sp³-hybridized carbons (Fsp3) is 0.167. The number of hydrogen-bond acceptors (Lipinski definition) is 2. The highest BCUT2D eigenvalue weighted by Crippen LogP contribution is 2.26. The number of rotatable bonds is 5. The van der Waals surface area contributed by atoms with Crippen molar-refractivity contribution < 1.29 is 14.6 Å². The standard InChI is InChI=1S/C18H17NO3/c1-2-22-15-9-8-14-10-17(18(20)21)19(16(14)11-15)12-13-6-4-3-5-7-13/h3-11H,2,12H2,1H3,(H,20,21). The van der Waals surface area contributed by atoms with Crippen LogP contribution in [0, 0.1) is 0 Å². The number of carbonyl (C=O) groups is 1. The molecule has 0 amide bonds. The molecule has 4 nitrogen and oxygen atoms in total. The quantitative estimate of drug-likeness (QED) is 0.779. The molecule has 1 N–H and O–H groups in total. The van der Waals surface area contributed by atoms with E-state index < -0.39 is 5.97 Å². The van der Waals surface area contributed by atoms with Gasteiger partial charge < -0.3 is 14.4 Å². The van der Waals surface area contributed by atoms with E-state index in [2.05, 4.69) is 0 Å². The van der Waals surface area contributed by atoms with Crippen LogP contribution < -0.4 is 4.74 Å². The Morgan fingerprint density at radius 2 is 1.91 bits per heavy atom. The van der Waals surface area contributed by atoms with E-state index >= 15 is 0 Å². The van der Waals surface area contributed by atoms with Crippen LogP contribution in [0.4, 0.5) is 0 Å². The maximum atomic E-state index is 11.5. The Labute approximate surface area is 128 Å². The lowest BCUT2D eigenvalue weighted by Gasteiger charge is -2.10. The van der Waals surface area contributed by atoms with Gasteiger partial charge in [-0.15, -0.1) is 0 Å². The largest absolute Gasteiger partial charge is 0.494 e. The predicted molar refractivity (Wildman–Crippen MR) is 85.6 cm³/mol. The molecule has 0 fully saturated rings. The molecular formula is C18H17NO3. The average molecular weight is 295 g/mol. The van der Waals surface area contributed by atoms with Crippen molar-refractivity contribution in [1.29, 1.82) is 0 Å². The van der Waals surface area contributed by atoms with E-state index in [4.69, 9.17) is 4.74 Å². The first kappa shape index (κ1) is 14.2. The van der Waals surface area contributed by atoms with Gasteiger partial charge in [0.2, 0.25) is 0 Å². The number of carboxylic acid groups (broad SMARTS) is 1. The molecule has 0 aliphatic heterocycles. The summed E-state index contributed by atoms with van der Waals surface area (Å²) >= 11 is 0. The van der Waals surface area contributed by atoms with Gasteiger partial charge in [0.25, 0.3) is 0 Å². The van der Waals surface area contributed by atoms with Gasteiger partial charge in [0.15, 0.2) is 0 Å². The van der Waals surface area contributed by atoms with E-state index in [1.165, 1.54) is 0 Å². The van der Waals surface area contributed by atoms with Crippen molar-refractivity contribution in [2.24, 2.45) is 0 Å². The number of nitrogens with zero attached hydrogens (tertiary/aromatic N) is 1. The molecular weight excluding hydrogens is 278 g/mol. The lowest BCUT2D eigenvalue weighted by Crippen LogP contribution is -2.09. The summed E-state index contributed by atoms with van der Waals surface area (Å²) < 4.78 is 7.34. The van der Waals surface area contributed by atoms with Gasteiger partial charge in [-0.2, -0.15) is 0 Å². The van der Waals surface area contributed by atoms with E-state index in [9.17, 15) is 9.90 Å². The van der Waals surface area contributed by atoms with Crippen molar-refractivity contribution in [3.63, 3.8) is 0 Å². The highest BCUT2D eigenvalue weighted by Gasteiger charge is 2.15. The number of ether oxygens (including phenoxy) is 1. The Morgan fingerprint density at radius 1 is 1.14 bits per heavy atom. The zero-order valence-corrected chi connectivity index (χ0v) is 12.3. The van der Waals surface area contributed by atoms with Gasteiger partial charge in [0.1, 0.15) is 11.4 Å². The summed E-state index contributed by atoms with van der Waals surface area (Å²) in [5.74, 6) is -0.176. The van der Waals surface area contributed by atoms with Crippen molar-refractivity contribution in [2.75, 3.05) is 6.61 Å². The second-order valence-electron chi connectivity index (χ2n) is 5.06. The molecule has 4 heteroatoms. The minimum Gasteiger partial charge on any atom is -0.494 e. The molecule has 0 unspecified atom stereocenters. The van der Waals surface area contributed by atoms with Crippen molar-refractivity contribution >= 4 is 16.9 Å². The maximum absolute atomic E-state index is 11.5. The van der Waals surface area contributed by atoms with Crippen LogP contribution in [0.25, 0.3) is 10.9 Å². The molecule has 0 atom stereocenters. The third-order valence-corrected chi connectivity index (χ3v) is 3.59. The molecule has 0 saturated carbocycles. The summed E-state index contributed by atoms with van der Waals surface area (Å²) in [6, 6.07) is 17.2. The summed E-state index contributed by atoms with van der Waals surface area (Å²) in [5.41, 5.74) is 2.21. The minimum atomic E-state index is -0.926. The van der Waals surface area contributed by atoms with Crippen LogP contribution in [0.5, 0.6) is 5.75 Å². The fourth-order valence-electron chi connectivity index (χ4n) is 2.60. The van der Waals surface area contributed by atoms with Gasteiger partial charge in [-0.05, 0) is 30.7 Å². The maximum Gasteiger partial charge on any atom is 0.352 e. The molecule has 0 aliphatic rings. The molecule has 0 bridgehead atoms. The molecule has 112 valence electrons. The number of carboxylic acids is 1. The molecule has 0 spiro atoms. The van der Waals surface area contributed by atoms with Gasteiger partial charge in [-0.1, -0.05) is 30.3 Å².